The van der Waals surface area contributed by atoms with Crippen molar-refractivity contribution < 1.29 is 0 Å². The van der Waals surface area contributed by atoms with Crippen molar-refractivity contribution >= 4 is 50.1 Å². The zero-order valence-electron chi connectivity index (χ0n) is 19.1. The van der Waals surface area contributed by atoms with E-state index in [4.69, 9.17) is 0 Å². The summed E-state index contributed by atoms with van der Waals surface area (Å²) in [6.45, 7) is 3.13. The predicted molar refractivity (Wildman–Crippen MR) is 145 cm³/mol. The molecule has 0 aliphatic heterocycles. The molecule has 2 aromatic heterocycles. The Morgan fingerprint density at radius 2 is 1.62 bits per heavy atom. The number of para-hydroxylation sites is 1. The maximum Gasteiger partial charge on any atom is 0.210 e. The molecule has 0 N–H and O–H groups in total. The van der Waals surface area contributed by atoms with Crippen LogP contribution in [-0.4, -0.2) is 15.3 Å². The first-order valence-corrected chi connectivity index (χ1v) is 12.3. The third kappa shape index (κ3) is 3.45. The SMILES string of the molecule is CCn1c2ccccc2c2cc(C=NN=c3scc(-c4ccc5ccccc5c4)n3C)ccc21. The lowest BCUT2D eigenvalue weighted by atomic mass is 10.1. The summed E-state index contributed by atoms with van der Waals surface area (Å²) >= 11 is 1.60. The molecule has 4 nitrogen and oxygen atoms in total. The number of aryl methyl sites for hydroxylation is 1. The van der Waals surface area contributed by atoms with Crippen molar-refractivity contribution in [3.8, 4) is 11.3 Å². The number of rotatable bonds is 4. The van der Waals surface area contributed by atoms with Gasteiger partial charge in [0.15, 0.2) is 0 Å². The van der Waals surface area contributed by atoms with E-state index in [1.807, 2.05) is 13.3 Å². The molecule has 0 bridgehead atoms. The van der Waals surface area contributed by atoms with Crippen molar-refractivity contribution in [2.24, 2.45) is 17.3 Å². The summed E-state index contributed by atoms with van der Waals surface area (Å²) in [5, 5.41) is 16.1. The Balaban J connectivity index is 1.34. The van der Waals surface area contributed by atoms with Crippen LogP contribution in [0, 0.1) is 0 Å². The summed E-state index contributed by atoms with van der Waals surface area (Å²) in [7, 11) is 2.04. The molecule has 4 aromatic carbocycles. The predicted octanol–water partition coefficient (Wildman–Crippen LogP) is 6.97. The quantitative estimate of drug-likeness (QED) is 0.201. The van der Waals surface area contributed by atoms with E-state index in [0.29, 0.717) is 0 Å². The Morgan fingerprint density at radius 3 is 2.50 bits per heavy atom. The summed E-state index contributed by atoms with van der Waals surface area (Å²) in [6.07, 6.45) is 1.84. The molecule has 0 aliphatic carbocycles. The molecule has 34 heavy (non-hydrogen) atoms. The second kappa shape index (κ2) is 8.43. The van der Waals surface area contributed by atoms with Crippen molar-refractivity contribution in [3.63, 3.8) is 0 Å². The van der Waals surface area contributed by atoms with E-state index >= 15 is 0 Å². The molecule has 6 aromatic rings. The van der Waals surface area contributed by atoms with Gasteiger partial charge in [-0.15, -0.1) is 16.4 Å². The van der Waals surface area contributed by atoms with Crippen LogP contribution in [0.4, 0.5) is 0 Å². The van der Waals surface area contributed by atoms with Gasteiger partial charge in [0.25, 0.3) is 0 Å². The lowest BCUT2D eigenvalue weighted by Gasteiger charge is -2.04. The first-order chi connectivity index (χ1) is 16.7. The molecule has 0 fully saturated rings. The summed E-state index contributed by atoms with van der Waals surface area (Å²) in [5.41, 5.74) is 5.89. The van der Waals surface area contributed by atoms with Gasteiger partial charge in [-0.1, -0.05) is 60.7 Å². The number of benzene rings is 4. The third-order valence-electron chi connectivity index (χ3n) is 6.43. The van der Waals surface area contributed by atoms with Crippen molar-refractivity contribution in [1.29, 1.82) is 0 Å². The number of hydrogen-bond donors (Lipinski definition) is 0. The minimum atomic E-state index is 0.864. The Kier molecular flexibility index (Phi) is 5.12. The fourth-order valence-electron chi connectivity index (χ4n) is 4.71. The molecule has 2 heterocycles. The van der Waals surface area contributed by atoms with E-state index in [-0.39, 0.29) is 0 Å². The lowest BCUT2D eigenvalue weighted by molar-refractivity contribution is 0.827. The number of nitrogens with zero attached hydrogens (tertiary/aromatic N) is 4. The third-order valence-corrected chi connectivity index (χ3v) is 7.34. The van der Waals surface area contributed by atoms with Gasteiger partial charge in [-0.2, -0.15) is 5.10 Å². The van der Waals surface area contributed by atoms with Crippen LogP contribution in [0.3, 0.4) is 0 Å². The molecule has 0 radical (unpaired) electrons. The van der Waals surface area contributed by atoms with Gasteiger partial charge < -0.3 is 9.13 Å². The molecular weight excluding hydrogens is 436 g/mol. The average molecular weight is 461 g/mol. The van der Waals surface area contributed by atoms with Crippen molar-refractivity contribution in [3.05, 3.63) is 101 Å². The fourth-order valence-corrected chi connectivity index (χ4v) is 5.57. The first-order valence-electron chi connectivity index (χ1n) is 11.4. The van der Waals surface area contributed by atoms with Crippen LogP contribution in [-0.2, 0) is 13.6 Å². The number of thiazole rings is 1. The van der Waals surface area contributed by atoms with Gasteiger partial charge in [0, 0.05) is 40.8 Å². The zero-order chi connectivity index (χ0) is 23.1. The molecule has 0 amide bonds. The summed E-state index contributed by atoms with van der Waals surface area (Å²) in [5.74, 6) is 0. The average Bonchev–Trinajstić information content (AvgIpc) is 3.40. The first kappa shape index (κ1) is 20.6. The van der Waals surface area contributed by atoms with Crippen LogP contribution in [0.1, 0.15) is 12.5 Å². The van der Waals surface area contributed by atoms with Gasteiger partial charge in [0.2, 0.25) is 4.80 Å². The molecule has 0 atom stereocenters. The molecule has 0 spiro atoms. The Labute approximate surface area is 201 Å². The lowest BCUT2D eigenvalue weighted by Crippen LogP contribution is -2.10. The van der Waals surface area contributed by atoms with Crippen LogP contribution >= 0.6 is 11.3 Å². The monoisotopic (exact) mass is 460 g/mol. The van der Waals surface area contributed by atoms with Gasteiger partial charge in [0.05, 0.1) is 11.9 Å². The highest BCUT2D eigenvalue weighted by atomic mass is 32.1. The molecule has 0 aliphatic rings. The normalized spacial score (nSPS) is 12.6. The van der Waals surface area contributed by atoms with E-state index in [1.165, 1.54) is 38.1 Å². The van der Waals surface area contributed by atoms with E-state index in [0.717, 1.165) is 22.6 Å². The number of fused-ring (bicyclic) bond motifs is 4. The Bertz CT molecular complexity index is 1760. The largest absolute Gasteiger partial charge is 0.341 e. The van der Waals surface area contributed by atoms with Crippen LogP contribution in [0.25, 0.3) is 43.8 Å². The maximum atomic E-state index is 4.52. The standard InChI is InChI=1S/C29H24N4S/c1-3-33-26-11-7-6-10-24(26)25-16-20(12-15-27(25)33)18-30-31-29-32(2)28(19-34-29)23-14-13-21-8-4-5-9-22(21)17-23/h4-19H,3H2,1-2H3. The zero-order valence-corrected chi connectivity index (χ0v) is 20.0. The van der Waals surface area contributed by atoms with E-state index < -0.39 is 0 Å². The van der Waals surface area contributed by atoms with Crippen LogP contribution in [0.5, 0.6) is 0 Å². The summed E-state index contributed by atoms with van der Waals surface area (Å²) in [4.78, 5) is 0.864. The Morgan fingerprint density at radius 1 is 0.824 bits per heavy atom. The molecule has 166 valence electrons. The molecular formula is C29H24N4S. The van der Waals surface area contributed by atoms with Gasteiger partial charge in [-0.25, -0.2) is 0 Å². The fraction of sp³-hybridized carbons (Fsp3) is 0.103. The van der Waals surface area contributed by atoms with Crippen molar-refractivity contribution in [2.75, 3.05) is 0 Å². The van der Waals surface area contributed by atoms with Crippen LogP contribution in [0.2, 0.25) is 0 Å². The van der Waals surface area contributed by atoms with Crippen molar-refractivity contribution in [2.45, 2.75) is 13.5 Å². The maximum absolute atomic E-state index is 4.52. The van der Waals surface area contributed by atoms with Gasteiger partial charge in [-0.05, 0) is 53.1 Å². The molecule has 5 heteroatoms. The van der Waals surface area contributed by atoms with E-state index in [9.17, 15) is 0 Å². The topological polar surface area (TPSA) is 34.6 Å². The minimum absolute atomic E-state index is 0.864. The number of hydrogen-bond acceptors (Lipinski definition) is 3. The molecule has 0 saturated carbocycles. The van der Waals surface area contributed by atoms with Gasteiger partial charge in [0.1, 0.15) is 0 Å². The highest BCUT2D eigenvalue weighted by Crippen LogP contribution is 2.29. The van der Waals surface area contributed by atoms with Gasteiger partial charge >= 0.3 is 0 Å². The van der Waals surface area contributed by atoms with E-state index in [1.54, 1.807) is 11.3 Å². The minimum Gasteiger partial charge on any atom is -0.341 e. The second-order valence-electron chi connectivity index (χ2n) is 8.41. The Hall–Kier alpha value is -3.96. The summed E-state index contributed by atoms with van der Waals surface area (Å²) in [6, 6.07) is 30.1. The second-order valence-corrected chi connectivity index (χ2v) is 9.24. The molecule has 0 unspecified atom stereocenters. The highest BCUT2D eigenvalue weighted by Gasteiger charge is 2.09. The van der Waals surface area contributed by atoms with Crippen LogP contribution in [0.15, 0.2) is 101 Å². The van der Waals surface area contributed by atoms with Crippen LogP contribution < -0.4 is 4.80 Å². The smallest absolute Gasteiger partial charge is 0.210 e. The highest BCUT2D eigenvalue weighted by molar-refractivity contribution is 7.07. The van der Waals surface area contributed by atoms with Crippen molar-refractivity contribution in [1.82, 2.24) is 9.13 Å². The molecule has 6 rings (SSSR count). The number of aromatic nitrogens is 2. The molecule has 0 saturated heterocycles. The van der Waals surface area contributed by atoms with Gasteiger partial charge in [-0.3, -0.25) is 0 Å². The summed E-state index contributed by atoms with van der Waals surface area (Å²) < 4.78 is 4.46. The van der Waals surface area contributed by atoms with E-state index in [2.05, 4.69) is 117 Å².